The summed E-state index contributed by atoms with van der Waals surface area (Å²) < 4.78 is 0. The van der Waals surface area contributed by atoms with Crippen molar-refractivity contribution in [1.82, 2.24) is 4.90 Å². The maximum absolute atomic E-state index is 10.4. The standard InChI is InChI=1S/C4H6N2O.2C2H6/c1-6-3-5-2-4(6)7;2*1-2/h3H,2H2,1H3;2*1-2H3. The molecule has 0 spiro atoms. The number of amides is 1. The van der Waals surface area contributed by atoms with Crippen molar-refractivity contribution < 1.29 is 4.79 Å². The van der Waals surface area contributed by atoms with Crippen LogP contribution >= 0.6 is 0 Å². The zero-order valence-corrected chi connectivity index (χ0v) is 8.09. The SMILES string of the molecule is CC.CC.CN1C=NCC1=O. The predicted octanol–water partition coefficient (Wildman–Crippen LogP) is 1.54. The van der Waals surface area contributed by atoms with Crippen molar-refractivity contribution in [1.29, 1.82) is 0 Å². The fourth-order valence-corrected chi connectivity index (χ4v) is 0.417. The zero-order chi connectivity index (χ0) is 9.28. The van der Waals surface area contributed by atoms with Crippen molar-refractivity contribution in [2.75, 3.05) is 13.6 Å². The van der Waals surface area contributed by atoms with E-state index in [0.29, 0.717) is 6.54 Å². The zero-order valence-electron chi connectivity index (χ0n) is 8.09. The summed E-state index contributed by atoms with van der Waals surface area (Å²) in [6.45, 7) is 8.33. The van der Waals surface area contributed by atoms with Gasteiger partial charge in [-0.05, 0) is 0 Å². The Morgan fingerprint density at radius 3 is 1.91 bits per heavy atom. The molecular formula is C8H18N2O. The lowest BCUT2D eigenvalue weighted by Gasteiger charge is -1.98. The normalized spacial score (nSPS) is 13.2. The number of aliphatic imine (C=N–C) groups is 1. The van der Waals surface area contributed by atoms with Crippen LogP contribution in [0.3, 0.4) is 0 Å². The maximum atomic E-state index is 10.4. The summed E-state index contributed by atoms with van der Waals surface area (Å²) in [6.07, 6.45) is 1.53. The molecule has 0 aliphatic carbocycles. The van der Waals surface area contributed by atoms with Gasteiger partial charge in [-0.1, -0.05) is 27.7 Å². The van der Waals surface area contributed by atoms with Gasteiger partial charge in [-0.3, -0.25) is 9.79 Å². The van der Waals surface area contributed by atoms with Gasteiger partial charge < -0.3 is 4.90 Å². The van der Waals surface area contributed by atoms with E-state index >= 15 is 0 Å². The van der Waals surface area contributed by atoms with Crippen molar-refractivity contribution in [3.05, 3.63) is 0 Å². The van der Waals surface area contributed by atoms with Crippen molar-refractivity contribution in [3.63, 3.8) is 0 Å². The number of likely N-dealkylation sites (N-methyl/N-ethyl adjacent to an activating group) is 1. The first kappa shape index (κ1) is 12.8. The first-order chi connectivity index (χ1) is 5.30. The van der Waals surface area contributed by atoms with Crippen molar-refractivity contribution >= 4 is 12.2 Å². The minimum Gasteiger partial charge on any atom is -0.305 e. The Labute approximate surface area is 69.1 Å². The Hall–Kier alpha value is -0.860. The van der Waals surface area contributed by atoms with E-state index in [1.807, 2.05) is 27.7 Å². The third-order valence-electron chi connectivity index (χ3n) is 0.875. The molecule has 0 N–H and O–H groups in total. The Kier molecular flexibility index (Phi) is 10.6. The lowest BCUT2D eigenvalue weighted by Crippen LogP contribution is -2.20. The lowest BCUT2D eigenvalue weighted by atomic mass is 10.6. The smallest absolute Gasteiger partial charge is 0.249 e. The van der Waals surface area contributed by atoms with Gasteiger partial charge in [0.25, 0.3) is 0 Å². The monoisotopic (exact) mass is 158 g/mol. The summed E-state index contributed by atoms with van der Waals surface area (Å²) in [4.78, 5) is 15.5. The molecule has 0 saturated carbocycles. The van der Waals surface area contributed by atoms with Crippen LogP contribution in [0.5, 0.6) is 0 Å². The molecule has 0 radical (unpaired) electrons. The molecule has 0 atom stereocenters. The molecule has 3 heteroatoms. The minimum absolute atomic E-state index is 0.0694. The first-order valence-electron chi connectivity index (χ1n) is 4.06. The maximum Gasteiger partial charge on any atom is 0.249 e. The molecule has 66 valence electrons. The van der Waals surface area contributed by atoms with E-state index in [4.69, 9.17) is 0 Å². The summed E-state index contributed by atoms with van der Waals surface area (Å²) >= 11 is 0. The van der Waals surface area contributed by atoms with Gasteiger partial charge in [0.2, 0.25) is 5.91 Å². The van der Waals surface area contributed by atoms with Gasteiger partial charge in [0, 0.05) is 7.05 Å². The van der Waals surface area contributed by atoms with Crippen LogP contribution < -0.4 is 0 Å². The average Bonchev–Trinajstić information content (AvgIpc) is 2.44. The van der Waals surface area contributed by atoms with Gasteiger partial charge in [-0.25, -0.2) is 0 Å². The number of nitrogens with zero attached hydrogens (tertiary/aromatic N) is 2. The molecule has 11 heavy (non-hydrogen) atoms. The Bertz CT molecular complexity index is 121. The highest BCUT2D eigenvalue weighted by atomic mass is 16.2. The van der Waals surface area contributed by atoms with Crippen LogP contribution in [0.2, 0.25) is 0 Å². The Morgan fingerprint density at radius 1 is 1.36 bits per heavy atom. The molecule has 1 heterocycles. The van der Waals surface area contributed by atoms with Crippen LogP contribution in [0.25, 0.3) is 0 Å². The molecule has 0 unspecified atom stereocenters. The van der Waals surface area contributed by atoms with E-state index in [9.17, 15) is 4.79 Å². The fourth-order valence-electron chi connectivity index (χ4n) is 0.417. The molecule has 0 aromatic rings. The third-order valence-corrected chi connectivity index (χ3v) is 0.875. The van der Waals surface area contributed by atoms with Gasteiger partial charge >= 0.3 is 0 Å². The number of hydrogen-bond acceptors (Lipinski definition) is 2. The molecule has 1 rings (SSSR count). The van der Waals surface area contributed by atoms with E-state index in [-0.39, 0.29) is 5.91 Å². The topological polar surface area (TPSA) is 32.7 Å². The second-order valence-corrected chi connectivity index (χ2v) is 1.46. The highest BCUT2D eigenvalue weighted by Crippen LogP contribution is 1.88. The van der Waals surface area contributed by atoms with E-state index in [1.54, 1.807) is 7.05 Å². The number of hydrogen-bond donors (Lipinski definition) is 0. The molecule has 0 aromatic carbocycles. The second-order valence-electron chi connectivity index (χ2n) is 1.46. The summed E-state index contributed by atoms with van der Waals surface area (Å²) in [6, 6.07) is 0. The molecule has 0 saturated heterocycles. The number of carbonyl (C=O) groups excluding carboxylic acids is 1. The summed E-state index contributed by atoms with van der Waals surface area (Å²) in [5, 5.41) is 0. The Balaban J connectivity index is 0. The fraction of sp³-hybridized carbons (Fsp3) is 0.750. The molecule has 1 aliphatic rings. The molecule has 0 bridgehead atoms. The summed E-state index contributed by atoms with van der Waals surface area (Å²) in [5.74, 6) is 0.0694. The van der Waals surface area contributed by atoms with Gasteiger partial charge in [-0.2, -0.15) is 0 Å². The molecule has 3 nitrogen and oxygen atoms in total. The van der Waals surface area contributed by atoms with E-state index in [0.717, 1.165) is 0 Å². The predicted molar refractivity (Wildman–Crippen MR) is 48.8 cm³/mol. The summed E-state index contributed by atoms with van der Waals surface area (Å²) in [5.41, 5.74) is 0. The Morgan fingerprint density at radius 2 is 1.82 bits per heavy atom. The van der Waals surface area contributed by atoms with Crippen LogP contribution in [0.15, 0.2) is 4.99 Å². The van der Waals surface area contributed by atoms with Gasteiger partial charge in [0.1, 0.15) is 6.54 Å². The van der Waals surface area contributed by atoms with Crippen LogP contribution in [0, 0.1) is 0 Å². The first-order valence-corrected chi connectivity index (χ1v) is 4.06. The van der Waals surface area contributed by atoms with Crippen LogP contribution in [0.4, 0.5) is 0 Å². The van der Waals surface area contributed by atoms with Gasteiger partial charge in [0.15, 0.2) is 0 Å². The second kappa shape index (κ2) is 9.14. The highest BCUT2D eigenvalue weighted by Gasteiger charge is 2.08. The minimum atomic E-state index is 0.0694. The average molecular weight is 158 g/mol. The van der Waals surface area contributed by atoms with Gasteiger partial charge in [-0.15, -0.1) is 0 Å². The van der Waals surface area contributed by atoms with E-state index in [1.165, 1.54) is 11.2 Å². The highest BCUT2D eigenvalue weighted by molar-refractivity contribution is 5.93. The summed E-state index contributed by atoms with van der Waals surface area (Å²) in [7, 11) is 1.69. The third kappa shape index (κ3) is 5.58. The number of rotatable bonds is 0. The lowest BCUT2D eigenvalue weighted by molar-refractivity contribution is -0.123. The van der Waals surface area contributed by atoms with Crippen LogP contribution in [-0.4, -0.2) is 30.7 Å². The largest absolute Gasteiger partial charge is 0.305 e. The quantitative estimate of drug-likeness (QED) is 0.526. The van der Waals surface area contributed by atoms with Crippen LogP contribution in [-0.2, 0) is 4.79 Å². The molecule has 1 amide bonds. The molecule has 0 fully saturated rings. The molecule has 1 aliphatic heterocycles. The molecule has 0 aromatic heterocycles. The van der Waals surface area contributed by atoms with E-state index < -0.39 is 0 Å². The molecular weight excluding hydrogens is 140 g/mol. The number of carbonyl (C=O) groups is 1. The van der Waals surface area contributed by atoms with Gasteiger partial charge in [0.05, 0.1) is 6.34 Å². The van der Waals surface area contributed by atoms with E-state index in [2.05, 4.69) is 4.99 Å². The van der Waals surface area contributed by atoms with Crippen LogP contribution in [0.1, 0.15) is 27.7 Å². The van der Waals surface area contributed by atoms with Crippen molar-refractivity contribution in [2.45, 2.75) is 27.7 Å². The van der Waals surface area contributed by atoms with Crippen molar-refractivity contribution in [2.24, 2.45) is 4.99 Å². The van der Waals surface area contributed by atoms with Crippen molar-refractivity contribution in [3.8, 4) is 0 Å².